The van der Waals surface area contributed by atoms with E-state index in [0.29, 0.717) is 11.5 Å². The summed E-state index contributed by atoms with van der Waals surface area (Å²) >= 11 is 5.27. The van der Waals surface area contributed by atoms with Gasteiger partial charge in [0.25, 0.3) is 0 Å². The average Bonchev–Trinajstić information content (AvgIpc) is 1.58. The number of aliphatic imine (C=N–C) groups is 2. The minimum Gasteiger partial charge on any atom is -0.374 e. The van der Waals surface area contributed by atoms with Crippen LogP contribution in [0.25, 0.3) is 0 Å². The predicted octanol–water partition coefficient (Wildman–Crippen LogP) is 1.49. The fourth-order valence-corrected chi connectivity index (χ4v) is 0.578. The summed E-state index contributed by atoms with van der Waals surface area (Å²) in [5, 5.41) is -0.0116. The van der Waals surface area contributed by atoms with Gasteiger partial charge in [0, 0.05) is 5.70 Å². The molecule has 0 unspecified atom stereocenters. The highest BCUT2D eigenvalue weighted by atomic mass is 35.5. The summed E-state index contributed by atoms with van der Waals surface area (Å²) in [6.45, 7) is 7.03. The third kappa shape index (κ3) is 5.31. The summed E-state index contributed by atoms with van der Waals surface area (Å²) in [5.74, 6) is 0.514. The monoisotopic (exact) mass is 159 g/mol. The molecule has 0 aromatic heterocycles. The summed E-state index contributed by atoms with van der Waals surface area (Å²) in [7, 11) is 0. The maximum absolute atomic E-state index is 5.27. The van der Waals surface area contributed by atoms with Crippen molar-refractivity contribution in [2.45, 2.75) is 13.8 Å². The minimum absolute atomic E-state index is 0.0116. The van der Waals surface area contributed by atoms with Crippen LogP contribution in [0, 0.1) is 0 Å². The van der Waals surface area contributed by atoms with Crippen molar-refractivity contribution in [3.05, 3.63) is 12.3 Å². The van der Waals surface area contributed by atoms with Gasteiger partial charge in [-0.1, -0.05) is 6.58 Å². The molecule has 4 heteroatoms. The van der Waals surface area contributed by atoms with Crippen LogP contribution >= 0.6 is 11.6 Å². The lowest BCUT2D eigenvalue weighted by Gasteiger charge is -1.90. The van der Waals surface area contributed by atoms with Crippen LogP contribution in [0.4, 0.5) is 0 Å². The van der Waals surface area contributed by atoms with E-state index >= 15 is 0 Å². The highest BCUT2D eigenvalue weighted by Crippen LogP contribution is 1.91. The van der Waals surface area contributed by atoms with Crippen molar-refractivity contribution in [2.75, 3.05) is 0 Å². The normalized spacial score (nSPS) is 13.5. The van der Waals surface area contributed by atoms with E-state index in [1.54, 1.807) is 13.8 Å². The number of nitrogens with zero attached hydrogens (tertiary/aromatic N) is 2. The Labute approximate surface area is 65.3 Å². The molecule has 0 fully saturated rings. The van der Waals surface area contributed by atoms with Crippen molar-refractivity contribution >= 4 is 22.7 Å². The van der Waals surface area contributed by atoms with Crippen LogP contribution in [0.1, 0.15) is 13.8 Å². The van der Waals surface area contributed by atoms with E-state index in [0.717, 1.165) is 0 Å². The van der Waals surface area contributed by atoms with E-state index in [1.165, 1.54) is 0 Å². The molecule has 0 aromatic rings. The zero-order valence-corrected chi connectivity index (χ0v) is 6.81. The summed E-state index contributed by atoms with van der Waals surface area (Å²) in [6.07, 6.45) is 0. The standard InChI is InChI=1S/C6H10ClN3/c1-4(2)9-5(3)10-6(7)8/h1H2,2-3H3,(H2,8,9,10). The zero-order chi connectivity index (χ0) is 8.15. The summed E-state index contributed by atoms with van der Waals surface area (Å²) in [4.78, 5) is 7.55. The molecule has 0 aromatic carbocycles. The van der Waals surface area contributed by atoms with Crippen LogP contribution < -0.4 is 5.73 Å². The fourth-order valence-electron chi connectivity index (χ4n) is 0.456. The predicted molar refractivity (Wildman–Crippen MR) is 45.4 cm³/mol. The molecule has 0 rings (SSSR count). The van der Waals surface area contributed by atoms with E-state index in [2.05, 4.69) is 16.6 Å². The largest absolute Gasteiger partial charge is 0.374 e. The molecule has 0 saturated carbocycles. The van der Waals surface area contributed by atoms with E-state index in [9.17, 15) is 0 Å². The lowest BCUT2D eigenvalue weighted by Crippen LogP contribution is -2.04. The number of nitrogens with two attached hydrogens (primary N) is 1. The maximum atomic E-state index is 5.27. The Morgan fingerprint density at radius 3 is 2.20 bits per heavy atom. The Balaban J connectivity index is 4.22. The first-order valence-corrected chi connectivity index (χ1v) is 3.10. The van der Waals surface area contributed by atoms with Gasteiger partial charge in [0.2, 0.25) is 0 Å². The van der Waals surface area contributed by atoms with E-state index in [4.69, 9.17) is 17.3 Å². The van der Waals surface area contributed by atoms with E-state index in [-0.39, 0.29) is 5.29 Å². The van der Waals surface area contributed by atoms with Crippen LogP contribution in [0.2, 0.25) is 0 Å². The van der Waals surface area contributed by atoms with Gasteiger partial charge in [-0.15, -0.1) is 0 Å². The zero-order valence-electron chi connectivity index (χ0n) is 6.06. The molecule has 0 amide bonds. The number of allylic oxidation sites excluding steroid dienone is 1. The lowest BCUT2D eigenvalue weighted by molar-refractivity contribution is 1.30. The van der Waals surface area contributed by atoms with E-state index in [1.807, 2.05) is 0 Å². The Morgan fingerprint density at radius 1 is 1.40 bits per heavy atom. The van der Waals surface area contributed by atoms with Gasteiger partial charge in [-0.3, -0.25) is 0 Å². The van der Waals surface area contributed by atoms with Gasteiger partial charge in [-0.2, -0.15) is 0 Å². The van der Waals surface area contributed by atoms with Crippen molar-refractivity contribution in [2.24, 2.45) is 15.7 Å². The highest BCUT2D eigenvalue weighted by Gasteiger charge is 1.86. The molecule has 0 aliphatic heterocycles. The molecule has 2 N–H and O–H groups in total. The number of amidine groups is 2. The molecular formula is C6H10ClN3. The molecule has 0 aliphatic carbocycles. The Morgan fingerprint density at radius 2 is 1.90 bits per heavy atom. The van der Waals surface area contributed by atoms with Gasteiger partial charge in [0.15, 0.2) is 5.29 Å². The number of hydrogen-bond acceptors (Lipinski definition) is 1. The molecule has 0 saturated heterocycles. The first-order valence-electron chi connectivity index (χ1n) is 2.73. The molecule has 0 aliphatic rings. The topological polar surface area (TPSA) is 50.7 Å². The number of rotatable bonds is 1. The smallest absolute Gasteiger partial charge is 0.194 e. The summed E-state index contributed by atoms with van der Waals surface area (Å²) in [5.41, 5.74) is 5.75. The molecule has 0 spiro atoms. The fraction of sp³-hybridized carbons (Fsp3) is 0.333. The SMILES string of the molecule is C=C(C)/N=C(C)\N=C(/N)Cl. The molecule has 0 heterocycles. The quantitative estimate of drug-likeness (QED) is 0.352. The third-order valence-corrected chi connectivity index (χ3v) is 0.706. The van der Waals surface area contributed by atoms with Crippen molar-refractivity contribution < 1.29 is 0 Å². The maximum Gasteiger partial charge on any atom is 0.194 e. The lowest BCUT2D eigenvalue weighted by atomic mass is 10.6. The first-order chi connectivity index (χ1) is 4.52. The number of halogens is 1. The van der Waals surface area contributed by atoms with Crippen molar-refractivity contribution in [1.29, 1.82) is 0 Å². The van der Waals surface area contributed by atoms with Crippen molar-refractivity contribution in [1.82, 2.24) is 0 Å². The van der Waals surface area contributed by atoms with Crippen LogP contribution in [-0.4, -0.2) is 11.1 Å². The Hall–Kier alpha value is -0.830. The Bertz CT molecular complexity index is 189. The van der Waals surface area contributed by atoms with E-state index < -0.39 is 0 Å². The molecular weight excluding hydrogens is 150 g/mol. The number of hydrogen-bond donors (Lipinski definition) is 1. The first kappa shape index (κ1) is 9.17. The van der Waals surface area contributed by atoms with Gasteiger partial charge >= 0.3 is 0 Å². The van der Waals surface area contributed by atoms with Crippen LogP contribution in [-0.2, 0) is 0 Å². The third-order valence-electron chi connectivity index (χ3n) is 0.621. The highest BCUT2D eigenvalue weighted by molar-refractivity contribution is 6.65. The van der Waals surface area contributed by atoms with Gasteiger partial charge < -0.3 is 5.73 Å². The second kappa shape index (κ2) is 4.06. The second-order valence-corrected chi connectivity index (χ2v) is 2.22. The van der Waals surface area contributed by atoms with Crippen molar-refractivity contribution in [3.8, 4) is 0 Å². The molecule has 0 radical (unpaired) electrons. The molecule has 56 valence electrons. The molecule has 10 heavy (non-hydrogen) atoms. The second-order valence-electron chi connectivity index (χ2n) is 1.83. The summed E-state index contributed by atoms with van der Waals surface area (Å²) in [6, 6.07) is 0. The molecule has 3 nitrogen and oxygen atoms in total. The van der Waals surface area contributed by atoms with Gasteiger partial charge in [0.05, 0.1) is 0 Å². The van der Waals surface area contributed by atoms with Gasteiger partial charge in [-0.25, -0.2) is 9.98 Å². The minimum atomic E-state index is -0.0116. The average molecular weight is 160 g/mol. The van der Waals surface area contributed by atoms with Crippen LogP contribution in [0.15, 0.2) is 22.3 Å². The Kier molecular flexibility index (Phi) is 3.72. The molecule has 0 atom stereocenters. The molecule has 0 bridgehead atoms. The summed E-state index contributed by atoms with van der Waals surface area (Å²) < 4.78 is 0. The van der Waals surface area contributed by atoms with Gasteiger partial charge in [-0.05, 0) is 25.4 Å². The van der Waals surface area contributed by atoms with Crippen LogP contribution in [0.5, 0.6) is 0 Å². The van der Waals surface area contributed by atoms with Crippen molar-refractivity contribution in [3.63, 3.8) is 0 Å². The van der Waals surface area contributed by atoms with Crippen LogP contribution in [0.3, 0.4) is 0 Å². The van der Waals surface area contributed by atoms with Gasteiger partial charge in [0.1, 0.15) is 5.84 Å².